The molecule has 2 aromatic rings. The van der Waals surface area contributed by atoms with E-state index in [9.17, 15) is 26.7 Å². The Balaban J connectivity index is 2.26. The number of anilines is 1. The van der Waals surface area contributed by atoms with Gasteiger partial charge < -0.3 is 0 Å². The molecule has 4 nitrogen and oxygen atoms in total. The lowest BCUT2D eigenvalue weighted by molar-refractivity contribution is -0.137. The Morgan fingerprint density at radius 1 is 1.12 bits per heavy atom. The van der Waals surface area contributed by atoms with Crippen molar-refractivity contribution >= 4 is 23.2 Å². The smallest absolute Gasteiger partial charge is 0.298 e. The van der Waals surface area contributed by atoms with Gasteiger partial charge in [0.15, 0.2) is 0 Å². The lowest BCUT2D eigenvalue weighted by Gasteiger charge is -2.15. The van der Waals surface area contributed by atoms with Crippen molar-refractivity contribution in [1.82, 2.24) is 5.43 Å². The first-order valence-electron chi connectivity index (χ1n) is 6.45. The molecule has 10 heteroatoms. The fourth-order valence-electron chi connectivity index (χ4n) is 1.85. The van der Waals surface area contributed by atoms with Crippen LogP contribution in [0.4, 0.5) is 27.6 Å². The Morgan fingerprint density at radius 3 is 2.40 bits per heavy atom. The molecular weight excluding hydrogens is 369 g/mol. The SMILES string of the molecule is N#Cc1ccc(NNC(=O)c2cc(F)c(Cl)cc2F)c(C(F)(F)F)c1. The van der Waals surface area contributed by atoms with E-state index in [1.54, 1.807) is 6.07 Å². The molecular formula is C15H7ClF5N3O. The minimum Gasteiger partial charge on any atom is -0.298 e. The molecule has 0 aromatic heterocycles. The van der Waals surface area contributed by atoms with Crippen molar-refractivity contribution in [3.63, 3.8) is 0 Å². The number of nitriles is 1. The molecule has 0 fully saturated rings. The van der Waals surface area contributed by atoms with Crippen LogP contribution in [0.15, 0.2) is 30.3 Å². The van der Waals surface area contributed by atoms with Crippen LogP contribution >= 0.6 is 11.6 Å². The molecule has 0 unspecified atom stereocenters. The summed E-state index contributed by atoms with van der Waals surface area (Å²) < 4.78 is 65.9. The molecule has 1 amide bonds. The highest BCUT2D eigenvalue weighted by molar-refractivity contribution is 6.30. The number of amides is 1. The highest BCUT2D eigenvalue weighted by Crippen LogP contribution is 2.35. The molecule has 0 heterocycles. The van der Waals surface area contributed by atoms with Gasteiger partial charge in [0.25, 0.3) is 5.91 Å². The third-order valence-electron chi connectivity index (χ3n) is 3.02. The first-order chi connectivity index (χ1) is 11.6. The normalized spacial score (nSPS) is 10.9. The maximum atomic E-state index is 13.6. The van der Waals surface area contributed by atoms with E-state index in [1.807, 2.05) is 10.9 Å². The number of hydrogen-bond donors (Lipinski definition) is 2. The Labute approximate surface area is 142 Å². The summed E-state index contributed by atoms with van der Waals surface area (Å²) in [5.74, 6) is -3.44. The average Bonchev–Trinajstić information content (AvgIpc) is 2.55. The fourth-order valence-corrected chi connectivity index (χ4v) is 2.00. The zero-order chi connectivity index (χ0) is 18.8. The monoisotopic (exact) mass is 375 g/mol. The van der Waals surface area contributed by atoms with Gasteiger partial charge in [-0.15, -0.1) is 0 Å². The number of nitrogens with one attached hydrogen (secondary N) is 2. The van der Waals surface area contributed by atoms with Crippen LogP contribution in [0, 0.1) is 23.0 Å². The van der Waals surface area contributed by atoms with Crippen molar-refractivity contribution < 1.29 is 26.7 Å². The molecule has 2 N–H and O–H groups in total. The van der Waals surface area contributed by atoms with Crippen LogP contribution in [0.2, 0.25) is 5.02 Å². The van der Waals surface area contributed by atoms with Gasteiger partial charge in [-0.1, -0.05) is 11.6 Å². The van der Waals surface area contributed by atoms with Gasteiger partial charge in [-0.05, 0) is 30.3 Å². The highest BCUT2D eigenvalue weighted by Gasteiger charge is 2.34. The Bertz CT molecular complexity index is 877. The number of hydrogen-bond acceptors (Lipinski definition) is 3. The molecule has 0 saturated heterocycles. The Hall–Kier alpha value is -2.86. The first kappa shape index (κ1) is 18.5. The molecule has 0 radical (unpaired) electrons. The third kappa shape index (κ3) is 4.16. The molecule has 0 aliphatic heterocycles. The summed E-state index contributed by atoms with van der Waals surface area (Å²) >= 11 is 5.35. The van der Waals surface area contributed by atoms with Crippen LogP contribution in [0.5, 0.6) is 0 Å². The number of hydrazine groups is 1. The van der Waals surface area contributed by atoms with Gasteiger partial charge >= 0.3 is 6.18 Å². The maximum Gasteiger partial charge on any atom is 0.418 e. The number of benzene rings is 2. The van der Waals surface area contributed by atoms with E-state index in [0.717, 1.165) is 12.1 Å². The van der Waals surface area contributed by atoms with Crippen molar-refractivity contribution in [2.75, 3.05) is 5.43 Å². The highest BCUT2D eigenvalue weighted by atomic mass is 35.5. The second kappa shape index (κ2) is 6.94. The van der Waals surface area contributed by atoms with Gasteiger partial charge in [0, 0.05) is 0 Å². The molecule has 0 bridgehead atoms. The van der Waals surface area contributed by atoms with Crippen molar-refractivity contribution in [2.45, 2.75) is 6.18 Å². The van der Waals surface area contributed by atoms with Gasteiger partial charge in [0.2, 0.25) is 0 Å². The fraction of sp³-hybridized carbons (Fsp3) is 0.0667. The van der Waals surface area contributed by atoms with Crippen molar-refractivity contribution in [1.29, 1.82) is 5.26 Å². The summed E-state index contributed by atoms with van der Waals surface area (Å²) in [4.78, 5) is 11.8. The summed E-state index contributed by atoms with van der Waals surface area (Å²) in [5, 5.41) is 8.12. The zero-order valence-electron chi connectivity index (χ0n) is 12.0. The number of nitrogens with zero attached hydrogens (tertiary/aromatic N) is 1. The van der Waals surface area contributed by atoms with Crippen LogP contribution in [0.3, 0.4) is 0 Å². The molecule has 0 aliphatic rings. The summed E-state index contributed by atoms with van der Waals surface area (Å²) in [7, 11) is 0. The summed E-state index contributed by atoms with van der Waals surface area (Å²) in [6, 6.07) is 5.22. The van der Waals surface area contributed by atoms with E-state index in [1.165, 1.54) is 0 Å². The van der Waals surface area contributed by atoms with Crippen molar-refractivity contribution in [3.8, 4) is 6.07 Å². The third-order valence-corrected chi connectivity index (χ3v) is 3.31. The zero-order valence-corrected chi connectivity index (χ0v) is 12.8. The van der Waals surface area contributed by atoms with E-state index < -0.39 is 45.6 Å². The van der Waals surface area contributed by atoms with Crippen LogP contribution in [0.25, 0.3) is 0 Å². The second-order valence-electron chi connectivity index (χ2n) is 4.70. The largest absolute Gasteiger partial charge is 0.418 e. The van der Waals surface area contributed by atoms with Gasteiger partial charge in [0.1, 0.15) is 11.6 Å². The van der Waals surface area contributed by atoms with E-state index in [0.29, 0.717) is 18.2 Å². The molecule has 2 aromatic carbocycles. The van der Waals surface area contributed by atoms with Crippen LogP contribution < -0.4 is 10.9 Å². The second-order valence-corrected chi connectivity index (χ2v) is 5.10. The van der Waals surface area contributed by atoms with Gasteiger partial charge in [-0.2, -0.15) is 18.4 Å². The van der Waals surface area contributed by atoms with Crippen molar-refractivity contribution in [2.24, 2.45) is 0 Å². The topological polar surface area (TPSA) is 64.9 Å². The van der Waals surface area contributed by atoms with E-state index in [2.05, 4.69) is 0 Å². The van der Waals surface area contributed by atoms with E-state index in [-0.39, 0.29) is 5.56 Å². The van der Waals surface area contributed by atoms with Gasteiger partial charge in [-0.25, -0.2) is 8.78 Å². The quantitative estimate of drug-likeness (QED) is 0.478. The summed E-state index contributed by atoms with van der Waals surface area (Å²) in [6.07, 6.45) is -4.81. The average molecular weight is 376 g/mol. The molecule has 130 valence electrons. The number of halogens is 6. The minimum atomic E-state index is -4.81. The molecule has 0 atom stereocenters. The van der Waals surface area contributed by atoms with Crippen LogP contribution in [0.1, 0.15) is 21.5 Å². The molecule has 0 aliphatic carbocycles. The minimum absolute atomic E-state index is 0.241. The van der Waals surface area contributed by atoms with Gasteiger partial charge in [-0.3, -0.25) is 15.6 Å². The first-order valence-corrected chi connectivity index (χ1v) is 6.83. The van der Waals surface area contributed by atoms with Gasteiger partial charge in [0.05, 0.1) is 33.5 Å². The van der Waals surface area contributed by atoms with E-state index >= 15 is 0 Å². The summed E-state index contributed by atoms with van der Waals surface area (Å²) in [5.41, 5.74) is 1.03. The Kier molecular flexibility index (Phi) is 5.13. The maximum absolute atomic E-state index is 13.6. The molecule has 0 spiro atoms. The molecule has 25 heavy (non-hydrogen) atoms. The van der Waals surface area contributed by atoms with E-state index in [4.69, 9.17) is 16.9 Å². The summed E-state index contributed by atoms with van der Waals surface area (Å²) in [6.45, 7) is 0. The standard InChI is InChI=1S/C15H7ClF5N3O/c16-10-5-11(17)8(4-12(10)18)14(25)24-23-13-2-1-7(6-22)3-9(13)15(19,20)21/h1-5,23H,(H,24,25). The van der Waals surface area contributed by atoms with Crippen LogP contribution in [-0.2, 0) is 6.18 Å². The lowest BCUT2D eigenvalue weighted by atomic mass is 10.1. The Morgan fingerprint density at radius 2 is 1.80 bits per heavy atom. The number of carbonyl (C=O) groups excluding carboxylic acids is 1. The number of alkyl halides is 3. The lowest BCUT2D eigenvalue weighted by Crippen LogP contribution is -2.31. The molecule has 2 rings (SSSR count). The predicted molar refractivity (Wildman–Crippen MR) is 78.6 cm³/mol. The number of carbonyl (C=O) groups is 1. The van der Waals surface area contributed by atoms with Crippen molar-refractivity contribution in [3.05, 3.63) is 63.7 Å². The van der Waals surface area contributed by atoms with Crippen LogP contribution in [-0.4, -0.2) is 5.91 Å². The molecule has 0 saturated carbocycles. The predicted octanol–water partition coefficient (Wildman–Crippen LogP) is 4.27. The number of rotatable bonds is 3.